The van der Waals surface area contributed by atoms with Crippen LogP contribution in [0, 0.1) is 0 Å². The van der Waals surface area contributed by atoms with E-state index in [2.05, 4.69) is 20.4 Å². The fraction of sp³-hybridized carbons (Fsp3) is 0.200. The zero-order chi connectivity index (χ0) is 22.4. The number of hydrogen-bond donors (Lipinski definition) is 1. The molecule has 0 bridgehead atoms. The number of nitrogens with one attached hydrogen (secondary N) is 1. The molecule has 8 heteroatoms. The lowest BCUT2D eigenvalue weighted by atomic mass is 9.94. The smallest absolute Gasteiger partial charge is 0.227 e. The minimum atomic E-state index is -0.144. The Morgan fingerprint density at radius 3 is 2.85 bits per heavy atom. The van der Waals surface area contributed by atoms with E-state index in [0.717, 1.165) is 52.5 Å². The van der Waals surface area contributed by atoms with Crippen LogP contribution in [0.3, 0.4) is 0 Å². The lowest BCUT2D eigenvalue weighted by Gasteiger charge is -2.28. The first-order valence-corrected chi connectivity index (χ1v) is 11.0. The zero-order valence-electron chi connectivity index (χ0n) is 18.1. The van der Waals surface area contributed by atoms with Gasteiger partial charge in [0.25, 0.3) is 0 Å². The quantitative estimate of drug-likeness (QED) is 0.499. The number of ether oxygens (including phenoxy) is 1. The molecule has 1 unspecified atom stereocenters. The summed E-state index contributed by atoms with van der Waals surface area (Å²) in [6.07, 6.45) is 10.4. The lowest BCUT2D eigenvalue weighted by Crippen LogP contribution is -2.24. The summed E-state index contributed by atoms with van der Waals surface area (Å²) in [5.41, 5.74) is 5.65. The Labute approximate surface area is 190 Å². The van der Waals surface area contributed by atoms with Gasteiger partial charge in [-0.05, 0) is 43.7 Å². The Morgan fingerprint density at radius 2 is 2.03 bits per heavy atom. The first-order valence-electron chi connectivity index (χ1n) is 11.0. The second-order valence-electron chi connectivity index (χ2n) is 8.25. The summed E-state index contributed by atoms with van der Waals surface area (Å²) in [5.74, 6) is 1.67. The van der Waals surface area contributed by atoms with Crippen LogP contribution in [0.2, 0.25) is 0 Å². The molecule has 0 radical (unpaired) electrons. The van der Waals surface area contributed by atoms with Gasteiger partial charge in [-0.2, -0.15) is 5.10 Å². The number of amides is 1. The highest BCUT2D eigenvalue weighted by Gasteiger charge is 2.27. The van der Waals surface area contributed by atoms with Crippen molar-refractivity contribution in [1.29, 1.82) is 0 Å². The molecule has 1 amide bonds. The number of benzene rings is 1. The van der Waals surface area contributed by atoms with Gasteiger partial charge in [0, 0.05) is 60.0 Å². The summed E-state index contributed by atoms with van der Waals surface area (Å²) in [4.78, 5) is 22.9. The largest absolute Gasteiger partial charge is 0.485 e. The summed E-state index contributed by atoms with van der Waals surface area (Å²) >= 11 is 0. The first-order chi connectivity index (χ1) is 16.2. The van der Waals surface area contributed by atoms with E-state index < -0.39 is 0 Å². The van der Waals surface area contributed by atoms with E-state index in [4.69, 9.17) is 4.74 Å². The number of anilines is 3. The van der Waals surface area contributed by atoms with Gasteiger partial charge in [0.05, 0.1) is 23.8 Å². The summed E-state index contributed by atoms with van der Waals surface area (Å²) in [7, 11) is 0. The number of hydrogen-bond acceptors (Lipinski definition) is 6. The van der Waals surface area contributed by atoms with Crippen molar-refractivity contribution in [3.8, 4) is 22.6 Å². The van der Waals surface area contributed by atoms with Gasteiger partial charge in [0.1, 0.15) is 17.7 Å². The molecule has 1 aromatic carbocycles. The Balaban J connectivity index is 1.30. The average Bonchev–Trinajstić information content (AvgIpc) is 3.51. The molecule has 4 aromatic rings. The highest BCUT2D eigenvalue weighted by atomic mass is 16.5. The summed E-state index contributed by atoms with van der Waals surface area (Å²) in [6.45, 7) is 2.79. The molecule has 5 heterocycles. The molecule has 33 heavy (non-hydrogen) atoms. The van der Waals surface area contributed by atoms with Crippen molar-refractivity contribution < 1.29 is 9.53 Å². The van der Waals surface area contributed by atoms with Crippen molar-refractivity contribution in [3.63, 3.8) is 0 Å². The molecule has 1 atom stereocenters. The van der Waals surface area contributed by atoms with E-state index >= 15 is 0 Å². The molecule has 0 spiro atoms. The minimum absolute atomic E-state index is 0.144. The zero-order valence-corrected chi connectivity index (χ0v) is 18.1. The molecule has 0 aliphatic carbocycles. The predicted molar refractivity (Wildman–Crippen MR) is 125 cm³/mol. The third-order valence-electron chi connectivity index (χ3n) is 6.08. The third kappa shape index (κ3) is 3.49. The van der Waals surface area contributed by atoms with Gasteiger partial charge in [-0.25, -0.2) is 9.67 Å². The minimum Gasteiger partial charge on any atom is -0.485 e. The highest BCUT2D eigenvalue weighted by Crippen LogP contribution is 2.44. The third-order valence-corrected chi connectivity index (χ3v) is 6.08. The number of carbonyl (C=O) groups excluding carboxylic acids is 1. The molecular formula is C25H22N6O2. The molecule has 1 fully saturated rings. The second-order valence-corrected chi connectivity index (χ2v) is 8.25. The molecule has 0 saturated carbocycles. The number of rotatable bonds is 4. The molecule has 2 aliphatic heterocycles. The molecule has 2 aliphatic rings. The van der Waals surface area contributed by atoms with Gasteiger partial charge >= 0.3 is 0 Å². The van der Waals surface area contributed by atoms with Crippen LogP contribution >= 0.6 is 0 Å². The number of pyridine rings is 2. The van der Waals surface area contributed by atoms with Gasteiger partial charge in [-0.15, -0.1) is 0 Å². The van der Waals surface area contributed by atoms with Crippen molar-refractivity contribution in [2.75, 3.05) is 16.8 Å². The topological polar surface area (TPSA) is 85.2 Å². The van der Waals surface area contributed by atoms with Crippen molar-refractivity contribution in [3.05, 3.63) is 72.9 Å². The Hall–Kier alpha value is -4.20. The number of fused-ring (bicyclic) bond motifs is 3. The van der Waals surface area contributed by atoms with E-state index in [1.807, 2.05) is 60.6 Å². The van der Waals surface area contributed by atoms with Crippen molar-refractivity contribution in [2.45, 2.75) is 25.9 Å². The fourth-order valence-electron chi connectivity index (χ4n) is 4.47. The first kappa shape index (κ1) is 19.5. The Morgan fingerprint density at radius 1 is 1.09 bits per heavy atom. The molecule has 1 saturated heterocycles. The normalized spacial score (nSPS) is 16.8. The van der Waals surface area contributed by atoms with Crippen molar-refractivity contribution in [2.24, 2.45) is 0 Å². The van der Waals surface area contributed by atoms with Crippen LogP contribution in [0.4, 0.5) is 17.2 Å². The van der Waals surface area contributed by atoms with Crippen molar-refractivity contribution in [1.82, 2.24) is 19.7 Å². The number of nitrogens with zero attached hydrogens (tertiary/aromatic N) is 5. The van der Waals surface area contributed by atoms with E-state index in [-0.39, 0.29) is 12.0 Å². The van der Waals surface area contributed by atoms with Gasteiger partial charge in [-0.1, -0.05) is 0 Å². The van der Waals surface area contributed by atoms with E-state index in [1.165, 1.54) is 0 Å². The molecule has 1 N–H and O–H groups in total. The monoisotopic (exact) mass is 438 g/mol. The molecule has 3 aromatic heterocycles. The van der Waals surface area contributed by atoms with Gasteiger partial charge in [0.2, 0.25) is 5.91 Å². The van der Waals surface area contributed by atoms with E-state index in [0.29, 0.717) is 12.2 Å². The standard InChI is InChI=1S/C25H22N6O2/c1-16-21-12-24(29-17-10-19(14-26-13-17)31-9-3-7-28-31)27-15-22(21)20-6-5-18(11-23(20)33-16)30-8-2-4-25(30)32/h3,5-7,9-16H,2,4,8H2,1H3,(H,27,29). The molecular weight excluding hydrogens is 416 g/mol. The van der Waals surface area contributed by atoms with E-state index in [9.17, 15) is 4.79 Å². The van der Waals surface area contributed by atoms with Gasteiger partial charge < -0.3 is 15.0 Å². The van der Waals surface area contributed by atoms with Crippen molar-refractivity contribution >= 4 is 23.1 Å². The maximum atomic E-state index is 12.1. The summed E-state index contributed by atoms with van der Waals surface area (Å²) in [6, 6.07) is 11.8. The fourth-order valence-corrected chi connectivity index (χ4v) is 4.47. The summed E-state index contributed by atoms with van der Waals surface area (Å²) < 4.78 is 8.01. The molecule has 164 valence electrons. The molecule has 6 rings (SSSR count). The van der Waals surface area contributed by atoms with Crippen LogP contribution < -0.4 is 15.0 Å². The Bertz CT molecular complexity index is 1350. The lowest BCUT2D eigenvalue weighted by molar-refractivity contribution is -0.117. The van der Waals surface area contributed by atoms with Crippen LogP contribution in [-0.2, 0) is 4.79 Å². The van der Waals surface area contributed by atoms with Crippen LogP contribution in [-0.4, -0.2) is 32.2 Å². The van der Waals surface area contributed by atoms with Crippen LogP contribution in [0.15, 0.2) is 67.4 Å². The van der Waals surface area contributed by atoms with Gasteiger partial charge in [0.15, 0.2) is 0 Å². The molecule has 8 nitrogen and oxygen atoms in total. The maximum absolute atomic E-state index is 12.1. The van der Waals surface area contributed by atoms with E-state index in [1.54, 1.807) is 23.3 Å². The predicted octanol–water partition coefficient (Wildman–Crippen LogP) is 4.65. The van der Waals surface area contributed by atoms with Crippen LogP contribution in [0.5, 0.6) is 5.75 Å². The highest BCUT2D eigenvalue weighted by molar-refractivity contribution is 5.96. The number of aromatic nitrogens is 4. The van der Waals surface area contributed by atoms with Gasteiger partial charge in [-0.3, -0.25) is 9.78 Å². The Kier molecular flexibility index (Phi) is 4.57. The average molecular weight is 438 g/mol. The van der Waals surface area contributed by atoms with Crippen LogP contribution in [0.25, 0.3) is 16.8 Å². The maximum Gasteiger partial charge on any atom is 0.227 e. The summed E-state index contributed by atoms with van der Waals surface area (Å²) in [5, 5.41) is 7.59. The SMILES string of the molecule is CC1Oc2cc(N3CCCC3=O)ccc2-c2cnc(Nc3cncc(-n4cccn4)c3)cc21. The second kappa shape index (κ2) is 7.74. The van der Waals surface area contributed by atoms with Crippen LogP contribution in [0.1, 0.15) is 31.4 Å². The number of carbonyl (C=O) groups is 1.